The van der Waals surface area contributed by atoms with Gasteiger partial charge in [0.05, 0.1) is 35.4 Å². The maximum atomic E-state index is 12.8. The molecule has 1 N–H and O–H groups in total. The largest absolute Gasteiger partial charge is 0.379 e. The van der Waals surface area contributed by atoms with E-state index in [9.17, 15) is 13.2 Å². The zero-order valence-corrected chi connectivity index (χ0v) is 16.1. The Kier molecular flexibility index (Phi) is 5.92. The number of nitrogens with zero attached hydrogens (tertiary/aromatic N) is 2. The van der Waals surface area contributed by atoms with E-state index < -0.39 is 15.9 Å². The third kappa shape index (κ3) is 4.12. The fourth-order valence-electron chi connectivity index (χ4n) is 2.40. The normalized spacial score (nSPS) is 18.9. The monoisotopic (exact) mass is 423 g/mol. The molecule has 1 amide bonds. The average molecular weight is 424 g/mol. The van der Waals surface area contributed by atoms with E-state index in [-0.39, 0.29) is 33.6 Å². The van der Waals surface area contributed by atoms with E-state index >= 15 is 0 Å². The van der Waals surface area contributed by atoms with Crippen molar-refractivity contribution in [3.8, 4) is 0 Å². The number of carbonyl (C=O) groups excluding carboxylic acids is 1. The van der Waals surface area contributed by atoms with Crippen molar-refractivity contribution in [1.82, 2.24) is 9.62 Å². The summed E-state index contributed by atoms with van der Waals surface area (Å²) in [6.07, 6.45) is 0. The second-order valence-electron chi connectivity index (χ2n) is 5.27. The third-order valence-corrected chi connectivity index (χ3v) is 7.23. The maximum absolute atomic E-state index is 12.8. The van der Waals surface area contributed by atoms with Crippen LogP contribution in [-0.4, -0.2) is 62.4 Å². The molecule has 0 aliphatic carbocycles. The number of amidine groups is 1. The Morgan fingerprint density at radius 1 is 1.24 bits per heavy atom. The van der Waals surface area contributed by atoms with Gasteiger partial charge < -0.3 is 10.1 Å². The summed E-state index contributed by atoms with van der Waals surface area (Å²) in [5, 5.41) is 3.17. The molecular weight excluding hydrogens is 409 g/mol. The number of morpholine rings is 1. The number of rotatable bonds is 3. The van der Waals surface area contributed by atoms with Crippen LogP contribution in [0.15, 0.2) is 22.0 Å². The molecule has 11 heteroatoms. The lowest BCUT2D eigenvalue weighted by Gasteiger charge is -2.26. The van der Waals surface area contributed by atoms with Crippen LogP contribution in [0.25, 0.3) is 0 Å². The number of carbonyl (C=O) groups is 1. The zero-order valence-electron chi connectivity index (χ0n) is 13.0. The number of halogens is 2. The summed E-state index contributed by atoms with van der Waals surface area (Å²) in [7, 11) is -3.85. The number of thioether (sulfide) groups is 1. The summed E-state index contributed by atoms with van der Waals surface area (Å²) in [5.74, 6) is 0.272. The molecule has 1 saturated heterocycles. The van der Waals surface area contributed by atoms with Crippen LogP contribution in [0, 0.1) is 0 Å². The predicted octanol–water partition coefficient (Wildman–Crippen LogP) is 1.85. The van der Waals surface area contributed by atoms with Gasteiger partial charge in [0.15, 0.2) is 5.17 Å². The Balaban J connectivity index is 1.93. The van der Waals surface area contributed by atoms with Gasteiger partial charge in [0, 0.05) is 18.8 Å². The van der Waals surface area contributed by atoms with Gasteiger partial charge in [-0.25, -0.2) is 8.42 Å². The van der Waals surface area contributed by atoms with E-state index in [4.69, 9.17) is 27.9 Å². The van der Waals surface area contributed by atoms with Crippen LogP contribution in [0.1, 0.15) is 10.4 Å². The highest BCUT2D eigenvalue weighted by Gasteiger charge is 2.30. The molecule has 0 atom stereocenters. The molecule has 0 saturated carbocycles. The first-order chi connectivity index (χ1) is 11.9. The van der Waals surface area contributed by atoms with Gasteiger partial charge in [-0.1, -0.05) is 35.0 Å². The van der Waals surface area contributed by atoms with E-state index in [0.29, 0.717) is 24.9 Å². The highest BCUT2D eigenvalue weighted by molar-refractivity contribution is 8.14. The van der Waals surface area contributed by atoms with Crippen LogP contribution in [0.2, 0.25) is 10.0 Å². The summed E-state index contributed by atoms with van der Waals surface area (Å²) in [6, 6.07) is 2.49. The molecule has 0 radical (unpaired) electrons. The van der Waals surface area contributed by atoms with Crippen molar-refractivity contribution in [2.24, 2.45) is 4.99 Å². The van der Waals surface area contributed by atoms with Crippen LogP contribution in [0.3, 0.4) is 0 Å². The molecule has 7 nitrogen and oxygen atoms in total. The molecule has 1 fully saturated rings. The van der Waals surface area contributed by atoms with E-state index in [1.54, 1.807) is 0 Å². The van der Waals surface area contributed by atoms with Crippen molar-refractivity contribution in [3.05, 3.63) is 27.7 Å². The molecule has 2 aliphatic heterocycles. The van der Waals surface area contributed by atoms with Gasteiger partial charge in [0.1, 0.15) is 4.90 Å². The third-order valence-electron chi connectivity index (χ3n) is 3.66. The fraction of sp³-hybridized carbons (Fsp3) is 0.429. The Morgan fingerprint density at radius 3 is 2.60 bits per heavy atom. The molecule has 2 heterocycles. The standard InChI is InChI=1S/C14H15Cl2N3O4S2/c15-10-8-11(16)12(25(21,22)19-2-4-23-5-3-19)7-9(10)13(20)18-14-17-1-6-24-14/h7-8H,1-6H2,(H,17,18,20). The summed E-state index contributed by atoms with van der Waals surface area (Å²) < 4.78 is 32.1. The molecule has 0 bridgehead atoms. The first-order valence-electron chi connectivity index (χ1n) is 7.45. The number of aliphatic imine (C=N–C) groups is 1. The van der Waals surface area contributed by atoms with Gasteiger partial charge in [0.2, 0.25) is 10.0 Å². The number of hydrogen-bond acceptors (Lipinski definition) is 6. The quantitative estimate of drug-likeness (QED) is 0.800. The molecule has 25 heavy (non-hydrogen) atoms. The predicted molar refractivity (Wildman–Crippen MR) is 98.3 cm³/mol. The van der Waals surface area contributed by atoms with Crippen LogP contribution >= 0.6 is 35.0 Å². The Bertz CT molecular complexity index is 824. The second-order valence-corrected chi connectivity index (χ2v) is 9.07. The maximum Gasteiger partial charge on any atom is 0.258 e. The van der Waals surface area contributed by atoms with E-state index in [1.165, 1.54) is 28.2 Å². The van der Waals surface area contributed by atoms with Crippen molar-refractivity contribution < 1.29 is 17.9 Å². The summed E-state index contributed by atoms with van der Waals surface area (Å²) in [4.78, 5) is 16.4. The number of hydrogen-bond donors (Lipinski definition) is 1. The highest BCUT2D eigenvalue weighted by atomic mass is 35.5. The lowest BCUT2D eigenvalue weighted by Crippen LogP contribution is -2.40. The molecule has 1 aromatic rings. The molecule has 0 unspecified atom stereocenters. The van der Waals surface area contributed by atoms with Gasteiger partial charge in [0.25, 0.3) is 5.91 Å². The number of benzene rings is 1. The van der Waals surface area contributed by atoms with E-state index in [0.717, 1.165) is 5.75 Å². The first kappa shape index (κ1) is 18.9. The van der Waals surface area contributed by atoms with E-state index in [1.807, 2.05) is 0 Å². The van der Waals surface area contributed by atoms with Crippen molar-refractivity contribution >= 4 is 56.1 Å². The Morgan fingerprint density at radius 2 is 1.96 bits per heavy atom. The van der Waals surface area contributed by atoms with Gasteiger partial charge in [-0.05, 0) is 12.1 Å². The molecule has 136 valence electrons. The van der Waals surface area contributed by atoms with Gasteiger partial charge in [-0.3, -0.25) is 9.79 Å². The summed E-state index contributed by atoms with van der Waals surface area (Å²) >= 11 is 13.6. The van der Waals surface area contributed by atoms with Crippen LogP contribution in [0.4, 0.5) is 0 Å². The van der Waals surface area contributed by atoms with Crippen molar-refractivity contribution in [2.75, 3.05) is 38.6 Å². The molecule has 0 spiro atoms. The van der Waals surface area contributed by atoms with Crippen molar-refractivity contribution in [3.63, 3.8) is 0 Å². The summed E-state index contributed by atoms with van der Waals surface area (Å²) in [6.45, 7) is 1.72. The second kappa shape index (κ2) is 7.81. The fourth-order valence-corrected chi connectivity index (χ4v) is 5.37. The van der Waals surface area contributed by atoms with Gasteiger partial charge in [-0.2, -0.15) is 4.31 Å². The summed E-state index contributed by atoms with van der Waals surface area (Å²) in [5.41, 5.74) is 0.0353. The number of sulfonamides is 1. The van der Waals surface area contributed by atoms with Crippen LogP contribution in [-0.2, 0) is 14.8 Å². The number of amides is 1. The molecule has 0 aromatic heterocycles. The smallest absolute Gasteiger partial charge is 0.258 e. The molecule has 1 aromatic carbocycles. The van der Waals surface area contributed by atoms with Gasteiger partial charge in [-0.15, -0.1) is 0 Å². The molecule has 3 rings (SSSR count). The lowest BCUT2D eigenvalue weighted by molar-refractivity contribution is 0.0730. The first-order valence-corrected chi connectivity index (χ1v) is 10.6. The van der Waals surface area contributed by atoms with E-state index in [2.05, 4.69) is 10.3 Å². The zero-order chi connectivity index (χ0) is 18.0. The van der Waals surface area contributed by atoms with Crippen molar-refractivity contribution in [1.29, 1.82) is 0 Å². The average Bonchev–Trinajstić information content (AvgIpc) is 3.08. The molecular formula is C14H15Cl2N3O4S2. The van der Waals surface area contributed by atoms with Gasteiger partial charge >= 0.3 is 0 Å². The minimum atomic E-state index is -3.85. The minimum absolute atomic E-state index is 0.0272. The number of nitrogens with one attached hydrogen (secondary N) is 1. The highest BCUT2D eigenvalue weighted by Crippen LogP contribution is 2.31. The van der Waals surface area contributed by atoms with Crippen LogP contribution in [0.5, 0.6) is 0 Å². The minimum Gasteiger partial charge on any atom is -0.379 e. The topological polar surface area (TPSA) is 88.1 Å². The van der Waals surface area contributed by atoms with Crippen molar-refractivity contribution in [2.45, 2.75) is 4.90 Å². The Hall–Kier alpha value is -0.840. The SMILES string of the molecule is O=C(NC1=NCCS1)c1cc(S(=O)(=O)N2CCOCC2)c(Cl)cc1Cl. The number of ether oxygens (including phenoxy) is 1. The molecule has 2 aliphatic rings. The lowest BCUT2D eigenvalue weighted by atomic mass is 10.2. The Labute approximate surface area is 159 Å². The van der Waals surface area contributed by atoms with Crippen LogP contribution < -0.4 is 5.32 Å².